The molecule has 0 atom stereocenters. The SMILES string of the molecule is CC(C)(C)OC(=O)CCCSc1ncnc2[nH]ccc12. The lowest BCUT2D eigenvalue weighted by molar-refractivity contribution is -0.154. The highest BCUT2D eigenvalue weighted by Gasteiger charge is 2.15. The number of nitrogens with one attached hydrogen (secondary N) is 1. The smallest absolute Gasteiger partial charge is 0.306 e. The summed E-state index contributed by atoms with van der Waals surface area (Å²) in [4.78, 5) is 23.1. The summed E-state index contributed by atoms with van der Waals surface area (Å²) in [5.74, 6) is 0.684. The van der Waals surface area contributed by atoms with E-state index in [1.807, 2.05) is 33.0 Å². The van der Waals surface area contributed by atoms with Gasteiger partial charge in [-0.2, -0.15) is 0 Å². The number of ether oxygens (including phenoxy) is 1. The lowest BCUT2D eigenvalue weighted by atomic mass is 10.2. The van der Waals surface area contributed by atoms with Crippen molar-refractivity contribution in [2.45, 2.75) is 44.2 Å². The Hall–Kier alpha value is -1.56. The standard InChI is InChI=1S/C14H19N3O2S/c1-14(2,3)19-11(18)5-4-8-20-13-10-6-7-15-12(10)16-9-17-13/h6-7,9H,4-5,8H2,1-3H3,(H,15,16,17). The number of aromatic amines is 1. The number of hydrogen-bond donors (Lipinski definition) is 1. The Kier molecular flexibility index (Phi) is 4.65. The number of fused-ring (bicyclic) bond motifs is 1. The second kappa shape index (κ2) is 6.26. The molecule has 2 aromatic heterocycles. The van der Waals surface area contributed by atoms with Gasteiger partial charge in [-0.25, -0.2) is 9.97 Å². The van der Waals surface area contributed by atoms with Gasteiger partial charge in [-0.3, -0.25) is 4.79 Å². The van der Waals surface area contributed by atoms with Crippen molar-refractivity contribution in [2.24, 2.45) is 0 Å². The number of carbonyl (C=O) groups excluding carboxylic acids is 1. The summed E-state index contributed by atoms with van der Waals surface area (Å²) in [7, 11) is 0. The van der Waals surface area contributed by atoms with Gasteiger partial charge in [0.2, 0.25) is 0 Å². The molecule has 20 heavy (non-hydrogen) atoms. The minimum atomic E-state index is -0.409. The first-order valence-corrected chi connectivity index (χ1v) is 7.57. The number of thioether (sulfide) groups is 1. The fourth-order valence-corrected chi connectivity index (χ4v) is 2.67. The Balaban J connectivity index is 1.79. The van der Waals surface area contributed by atoms with E-state index in [2.05, 4.69) is 15.0 Å². The van der Waals surface area contributed by atoms with Gasteiger partial charge < -0.3 is 9.72 Å². The highest BCUT2D eigenvalue weighted by Crippen LogP contribution is 2.24. The molecule has 0 aliphatic rings. The minimum absolute atomic E-state index is 0.146. The molecule has 0 amide bonds. The average molecular weight is 293 g/mol. The summed E-state index contributed by atoms with van der Waals surface area (Å²) < 4.78 is 5.27. The van der Waals surface area contributed by atoms with Crippen molar-refractivity contribution in [2.75, 3.05) is 5.75 Å². The lowest BCUT2D eigenvalue weighted by Crippen LogP contribution is -2.23. The van der Waals surface area contributed by atoms with Crippen LogP contribution in [0.25, 0.3) is 11.0 Å². The molecule has 0 radical (unpaired) electrons. The van der Waals surface area contributed by atoms with Gasteiger partial charge in [-0.15, -0.1) is 11.8 Å². The van der Waals surface area contributed by atoms with Crippen molar-refractivity contribution in [1.29, 1.82) is 0 Å². The molecule has 0 bridgehead atoms. The molecular weight excluding hydrogens is 274 g/mol. The van der Waals surface area contributed by atoms with Crippen LogP contribution in [0, 0.1) is 0 Å². The molecule has 0 aliphatic carbocycles. The summed E-state index contributed by atoms with van der Waals surface area (Å²) in [6.45, 7) is 5.63. The van der Waals surface area contributed by atoms with Crippen molar-refractivity contribution in [3.8, 4) is 0 Å². The number of aromatic nitrogens is 3. The van der Waals surface area contributed by atoms with E-state index in [9.17, 15) is 4.79 Å². The quantitative estimate of drug-likeness (QED) is 0.397. The molecule has 0 fully saturated rings. The van der Waals surface area contributed by atoms with Gasteiger partial charge in [0.1, 0.15) is 22.6 Å². The first kappa shape index (κ1) is 14.8. The van der Waals surface area contributed by atoms with Crippen LogP contribution >= 0.6 is 11.8 Å². The van der Waals surface area contributed by atoms with Gasteiger partial charge in [-0.1, -0.05) is 0 Å². The number of esters is 1. The second-order valence-corrected chi connectivity index (χ2v) is 6.54. The van der Waals surface area contributed by atoms with Gasteiger partial charge >= 0.3 is 5.97 Å². The third kappa shape index (κ3) is 4.23. The minimum Gasteiger partial charge on any atom is -0.460 e. The third-order valence-electron chi connectivity index (χ3n) is 2.50. The Morgan fingerprint density at radius 2 is 2.20 bits per heavy atom. The average Bonchev–Trinajstić information content (AvgIpc) is 2.81. The topological polar surface area (TPSA) is 67.9 Å². The Labute approximate surface area is 122 Å². The Morgan fingerprint density at radius 1 is 1.40 bits per heavy atom. The maximum atomic E-state index is 11.6. The molecule has 2 rings (SSSR count). The second-order valence-electron chi connectivity index (χ2n) is 5.46. The van der Waals surface area contributed by atoms with Gasteiger partial charge in [0.25, 0.3) is 0 Å². The number of H-pyrrole nitrogens is 1. The summed E-state index contributed by atoms with van der Waals surface area (Å²) >= 11 is 1.64. The molecular formula is C14H19N3O2S. The van der Waals surface area contributed by atoms with Crippen LogP contribution in [-0.2, 0) is 9.53 Å². The first-order valence-electron chi connectivity index (χ1n) is 6.58. The van der Waals surface area contributed by atoms with Gasteiger partial charge in [0.15, 0.2) is 0 Å². The molecule has 5 nitrogen and oxygen atoms in total. The van der Waals surface area contributed by atoms with E-state index in [1.54, 1.807) is 18.1 Å². The summed E-state index contributed by atoms with van der Waals surface area (Å²) in [6, 6.07) is 1.96. The number of hydrogen-bond acceptors (Lipinski definition) is 5. The predicted molar refractivity (Wildman–Crippen MR) is 79.7 cm³/mol. The monoisotopic (exact) mass is 293 g/mol. The van der Waals surface area contributed by atoms with Gasteiger partial charge in [0, 0.05) is 18.4 Å². The van der Waals surface area contributed by atoms with Crippen molar-refractivity contribution in [3.05, 3.63) is 18.6 Å². The molecule has 0 saturated carbocycles. The van der Waals surface area contributed by atoms with E-state index in [4.69, 9.17) is 4.74 Å². The molecule has 0 spiro atoms. The van der Waals surface area contributed by atoms with Crippen molar-refractivity contribution < 1.29 is 9.53 Å². The Morgan fingerprint density at radius 3 is 2.95 bits per heavy atom. The van der Waals surface area contributed by atoms with E-state index in [1.165, 1.54) is 0 Å². The zero-order valence-electron chi connectivity index (χ0n) is 12.0. The van der Waals surface area contributed by atoms with E-state index >= 15 is 0 Å². The number of nitrogens with zero attached hydrogens (tertiary/aromatic N) is 2. The van der Waals surface area contributed by atoms with Crippen molar-refractivity contribution in [1.82, 2.24) is 15.0 Å². The lowest BCUT2D eigenvalue weighted by Gasteiger charge is -2.19. The van der Waals surface area contributed by atoms with Crippen LogP contribution in [-0.4, -0.2) is 32.3 Å². The van der Waals surface area contributed by atoms with E-state index in [0.29, 0.717) is 6.42 Å². The predicted octanol–water partition coefficient (Wildman–Crippen LogP) is 3.17. The van der Waals surface area contributed by atoms with Gasteiger partial charge in [-0.05, 0) is 33.3 Å². The van der Waals surface area contributed by atoms with Crippen LogP contribution in [0.15, 0.2) is 23.6 Å². The molecule has 0 unspecified atom stereocenters. The number of rotatable bonds is 5. The van der Waals surface area contributed by atoms with E-state index in [-0.39, 0.29) is 5.97 Å². The summed E-state index contributed by atoms with van der Waals surface area (Å²) in [5.41, 5.74) is 0.434. The first-order chi connectivity index (χ1) is 9.46. The van der Waals surface area contributed by atoms with Crippen LogP contribution in [0.3, 0.4) is 0 Å². The molecule has 0 saturated heterocycles. The van der Waals surface area contributed by atoms with Crippen molar-refractivity contribution >= 4 is 28.8 Å². The fraction of sp³-hybridized carbons (Fsp3) is 0.500. The molecule has 0 aliphatic heterocycles. The van der Waals surface area contributed by atoms with Crippen LogP contribution < -0.4 is 0 Å². The van der Waals surface area contributed by atoms with Crippen LogP contribution in [0.1, 0.15) is 33.6 Å². The van der Waals surface area contributed by atoms with E-state index in [0.717, 1.165) is 28.2 Å². The number of carbonyl (C=O) groups is 1. The highest BCUT2D eigenvalue weighted by atomic mass is 32.2. The van der Waals surface area contributed by atoms with Crippen LogP contribution in [0.4, 0.5) is 0 Å². The largest absolute Gasteiger partial charge is 0.460 e. The zero-order chi connectivity index (χ0) is 14.6. The molecule has 6 heteroatoms. The molecule has 0 aromatic carbocycles. The molecule has 2 heterocycles. The van der Waals surface area contributed by atoms with Crippen molar-refractivity contribution in [3.63, 3.8) is 0 Å². The van der Waals surface area contributed by atoms with Crippen LogP contribution in [0.2, 0.25) is 0 Å². The molecule has 1 N–H and O–H groups in total. The summed E-state index contributed by atoms with van der Waals surface area (Å²) in [6.07, 6.45) is 4.61. The maximum Gasteiger partial charge on any atom is 0.306 e. The van der Waals surface area contributed by atoms with E-state index < -0.39 is 5.60 Å². The zero-order valence-corrected chi connectivity index (χ0v) is 12.8. The Bertz CT molecular complexity index is 589. The molecule has 2 aromatic rings. The highest BCUT2D eigenvalue weighted by molar-refractivity contribution is 7.99. The van der Waals surface area contributed by atoms with Crippen LogP contribution in [0.5, 0.6) is 0 Å². The normalized spacial score (nSPS) is 11.8. The third-order valence-corrected chi connectivity index (χ3v) is 3.59. The molecule has 108 valence electrons. The summed E-state index contributed by atoms with van der Waals surface area (Å²) in [5, 5.41) is 1.97. The maximum absolute atomic E-state index is 11.6. The fourth-order valence-electron chi connectivity index (χ4n) is 1.74. The van der Waals surface area contributed by atoms with Gasteiger partial charge in [0.05, 0.1) is 5.39 Å².